The second-order valence-corrected chi connectivity index (χ2v) is 4.23. The Morgan fingerprint density at radius 3 is 3.13 bits per heavy atom. The summed E-state index contributed by atoms with van der Waals surface area (Å²) in [5.41, 5.74) is 7.60. The molecule has 0 bridgehead atoms. The molecule has 0 radical (unpaired) electrons. The lowest BCUT2D eigenvalue weighted by Crippen LogP contribution is -2.15. The molecule has 0 saturated carbocycles. The van der Waals surface area contributed by atoms with Gasteiger partial charge in [0.25, 0.3) is 0 Å². The zero-order valence-corrected chi connectivity index (χ0v) is 8.41. The fourth-order valence-corrected chi connectivity index (χ4v) is 2.49. The summed E-state index contributed by atoms with van der Waals surface area (Å²) in [4.78, 5) is 0. The van der Waals surface area contributed by atoms with E-state index >= 15 is 0 Å². The summed E-state index contributed by atoms with van der Waals surface area (Å²) >= 11 is 0. The maximum Gasteiger partial charge on any atom is 0.147 e. The number of benzene rings is 1. The first-order chi connectivity index (χ1) is 7.29. The van der Waals surface area contributed by atoms with Crippen LogP contribution in [-0.4, -0.2) is 11.1 Å². The van der Waals surface area contributed by atoms with E-state index in [0.717, 1.165) is 23.9 Å². The number of halogens is 1. The van der Waals surface area contributed by atoms with Crippen LogP contribution in [0.4, 0.5) is 4.39 Å². The average molecular weight is 204 g/mol. The maximum atomic E-state index is 13.7. The topological polar surface area (TPSA) is 30.9 Å². The van der Waals surface area contributed by atoms with Gasteiger partial charge in [-0.3, -0.25) is 0 Å². The van der Waals surface area contributed by atoms with Crippen LogP contribution in [0.15, 0.2) is 24.3 Å². The van der Waals surface area contributed by atoms with E-state index in [1.165, 1.54) is 11.8 Å². The molecule has 15 heavy (non-hydrogen) atoms. The molecule has 2 nitrogen and oxygen atoms in total. The second kappa shape index (κ2) is 3.07. The van der Waals surface area contributed by atoms with Crippen molar-refractivity contribution in [3.8, 4) is 0 Å². The van der Waals surface area contributed by atoms with E-state index in [0.29, 0.717) is 12.5 Å². The Kier molecular flexibility index (Phi) is 1.83. The van der Waals surface area contributed by atoms with Gasteiger partial charge in [0.1, 0.15) is 5.82 Å². The molecule has 1 atom stereocenters. The fraction of sp³-hybridized carbons (Fsp3) is 0.333. The van der Waals surface area contributed by atoms with Gasteiger partial charge in [-0.2, -0.15) is 0 Å². The minimum Gasteiger partial charge on any atom is -0.342 e. The molecule has 0 amide bonds. The predicted octanol–water partition coefficient (Wildman–Crippen LogP) is 1.91. The summed E-state index contributed by atoms with van der Waals surface area (Å²) in [6.07, 6.45) is 0.977. The lowest BCUT2D eigenvalue weighted by atomic mass is 10.1. The van der Waals surface area contributed by atoms with Gasteiger partial charge in [0.15, 0.2) is 0 Å². The van der Waals surface area contributed by atoms with Crippen LogP contribution < -0.4 is 5.73 Å². The number of nitrogens with two attached hydrogens (primary N) is 1. The zero-order chi connectivity index (χ0) is 10.4. The molecule has 2 heterocycles. The summed E-state index contributed by atoms with van der Waals surface area (Å²) in [6.45, 7) is 1.54. The smallest absolute Gasteiger partial charge is 0.147 e. The largest absolute Gasteiger partial charge is 0.342 e. The molecule has 0 aliphatic carbocycles. The minimum absolute atomic E-state index is 0.128. The van der Waals surface area contributed by atoms with Crippen molar-refractivity contribution in [1.29, 1.82) is 0 Å². The SMILES string of the molecule is NCC1Cc2cc3cccc(F)c3n2C1. The molecule has 1 aromatic carbocycles. The van der Waals surface area contributed by atoms with E-state index in [9.17, 15) is 4.39 Å². The quantitative estimate of drug-likeness (QED) is 0.755. The van der Waals surface area contributed by atoms with E-state index in [-0.39, 0.29) is 5.82 Å². The molecule has 1 aliphatic rings. The van der Waals surface area contributed by atoms with Crippen LogP contribution in [0.3, 0.4) is 0 Å². The average Bonchev–Trinajstić information content (AvgIpc) is 2.73. The third kappa shape index (κ3) is 1.20. The summed E-state index contributed by atoms with van der Waals surface area (Å²) in [6, 6.07) is 7.31. The van der Waals surface area contributed by atoms with E-state index in [2.05, 4.69) is 10.6 Å². The molecule has 78 valence electrons. The molecular formula is C12H13FN2. The zero-order valence-electron chi connectivity index (χ0n) is 8.41. The van der Waals surface area contributed by atoms with Crippen LogP contribution in [0, 0.1) is 11.7 Å². The molecule has 2 N–H and O–H groups in total. The van der Waals surface area contributed by atoms with E-state index in [1.54, 1.807) is 6.07 Å². The van der Waals surface area contributed by atoms with Crippen molar-refractivity contribution in [2.45, 2.75) is 13.0 Å². The number of hydrogen-bond donors (Lipinski definition) is 1. The van der Waals surface area contributed by atoms with Crippen LogP contribution in [0.2, 0.25) is 0 Å². The van der Waals surface area contributed by atoms with E-state index < -0.39 is 0 Å². The number of hydrogen-bond acceptors (Lipinski definition) is 1. The lowest BCUT2D eigenvalue weighted by Gasteiger charge is -2.05. The Morgan fingerprint density at radius 1 is 1.47 bits per heavy atom. The molecule has 1 aromatic heterocycles. The third-order valence-corrected chi connectivity index (χ3v) is 3.23. The molecule has 2 aromatic rings. The van der Waals surface area contributed by atoms with Gasteiger partial charge in [-0.1, -0.05) is 12.1 Å². The molecule has 0 saturated heterocycles. The monoisotopic (exact) mass is 204 g/mol. The Hall–Kier alpha value is -1.35. The highest BCUT2D eigenvalue weighted by molar-refractivity contribution is 5.82. The summed E-state index contributed by atoms with van der Waals surface area (Å²) in [5, 5.41) is 1.00. The predicted molar refractivity (Wildman–Crippen MR) is 58.1 cm³/mol. The van der Waals surface area contributed by atoms with Crippen LogP contribution in [-0.2, 0) is 13.0 Å². The van der Waals surface area contributed by atoms with Crippen molar-refractivity contribution >= 4 is 10.9 Å². The molecule has 1 unspecified atom stereocenters. The summed E-state index contributed by atoms with van der Waals surface area (Å²) < 4.78 is 15.7. The summed E-state index contributed by atoms with van der Waals surface area (Å²) in [7, 11) is 0. The normalized spacial score (nSPS) is 19.7. The van der Waals surface area contributed by atoms with Crippen molar-refractivity contribution in [2.75, 3.05) is 6.54 Å². The van der Waals surface area contributed by atoms with E-state index in [1.807, 2.05) is 6.07 Å². The van der Waals surface area contributed by atoms with Crippen LogP contribution in [0.25, 0.3) is 10.9 Å². The Morgan fingerprint density at radius 2 is 2.33 bits per heavy atom. The van der Waals surface area contributed by atoms with Crippen molar-refractivity contribution in [3.05, 3.63) is 35.8 Å². The lowest BCUT2D eigenvalue weighted by molar-refractivity contribution is 0.526. The first-order valence-electron chi connectivity index (χ1n) is 5.26. The third-order valence-electron chi connectivity index (χ3n) is 3.23. The number of rotatable bonds is 1. The summed E-state index contributed by atoms with van der Waals surface area (Å²) in [5.74, 6) is 0.348. The Bertz CT molecular complexity index is 516. The first kappa shape index (κ1) is 8.92. The first-order valence-corrected chi connectivity index (χ1v) is 5.26. The van der Waals surface area contributed by atoms with Crippen molar-refractivity contribution in [1.82, 2.24) is 4.57 Å². The van der Waals surface area contributed by atoms with Crippen molar-refractivity contribution in [2.24, 2.45) is 11.7 Å². The van der Waals surface area contributed by atoms with Gasteiger partial charge < -0.3 is 10.3 Å². The van der Waals surface area contributed by atoms with Gasteiger partial charge in [-0.05, 0) is 31.0 Å². The number of para-hydroxylation sites is 1. The molecule has 0 spiro atoms. The van der Waals surface area contributed by atoms with Crippen LogP contribution in [0.1, 0.15) is 5.69 Å². The van der Waals surface area contributed by atoms with E-state index in [4.69, 9.17) is 5.73 Å². The Balaban J connectivity index is 2.21. The van der Waals surface area contributed by atoms with Crippen molar-refractivity contribution in [3.63, 3.8) is 0 Å². The van der Waals surface area contributed by atoms with Crippen LogP contribution in [0.5, 0.6) is 0 Å². The van der Waals surface area contributed by atoms with Gasteiger partial charge in [-0.25, -0.2) is 4.39 Å². The van der Waals surface area contributed by atoms with Crippen molar-refractivity contribution < 1.29 is 4.39 Å². The maximum absolute atomic E-state index is 13.7. The van der Waals surface area contributed by atoms with Gasteiger partial charge in [0, 0.05) is 17.6 Å². The fourth-order valence-electron chi connectivity index (χ4n) is 2.49. The van der Waals surface area contributed by atoms with Gasteiger partial charge in [-0.15, -0.1) is 0 Å². The standard InChI is InChI=1S/C12H13FN2/c13-11-3-1-2-9-5-10-4-8(6-14)7-15(10)12(9)11/h1-3,5,8H,4,6-7,14H2. The molecule has 1 aliphatic heterocycles. The number of fused-ring (bicyclic) bond motifs is 3. The van der Waals surface area contributed by atoms with Gasteiger partial charge in [0.2, 0.25) is 0 Å². The highest BCUT2D eigenvalue weighted by Crippen LogP contribution is 2.29. The molecule has 0 fully saturated rings. The highest BCUT2D eigenvalue weighted by Gasteiger charge is 2.23. The Labute approximate surface area is 87.5 Å². The van der Waals surface area contributed by atoms with Gasteiger partial charge >= 0.3 is 0 Å². The molecular weight excluding hydrogens is 191 g/mol. The second-order valence-electron chi connectivity index (χ2n) is 4.23. The van der Waals surface area contributed by atoms with Gasteiger partial charge in [0.05, 0.1) is 5.52 Å². The molecule has 3 rings (SSSR count). The number of nitrogens with zero attached hydrogens (tertiary/aromatic N) is 1. The number of aromatic nitrogens is 1. The molecule has 3 heteroatoms. The highest BCUT2D eigenvalue weighted by atomic mass is 19.1. The van der Waals surface area contributed by atoms with Crippen LogP contribution >= 0.6 is 0 Å². The minimum atomic E-state index is -0.128.